The van der Waals surface area contributed by atoms with Crippen LogP contribution < -0.4 is 33.2 Å². The quantitative estimate of drug-likeness (QED) is 0.0236. The number of primary amides is 1. The lowest BCUT2D eigenvalue weighted by Gasteiger charge is -2.32. The summed E-state index contributed by atoms with van der Waals surface area (Å²) in [5, 5.41) is 18.5. The summed E-state index contributed by atoms with van der Waals surface area (Å²) in [6.07, 6.45) is -3.94. The van der Waals surface area contributed by atoms with Gasteiger partial charge >= 0.3 is 12.4 Å². The van der Waals surface area contributed by atoms with Gasteiger partial charge in [0.25, 0.3) is 0 Å². The van der Waals surface area contributed by atoms with Crippen molar-refractivity contribution in [3.05, 3.63) is 119 Å². The van der Waals surface area contributed by atoms with Crippen LogP contribution in [0.5, 0.6) is 5.75 Å². The number of aromatic hydroxyl groups is 1. The average molecular weight is 1250 g/mol. The zero-order valence-electron chi connectivity index (χ0n) is 49.0. The molecule has 0 aliphatic heterocycles. The Morgan fingerprint density at radius 1 is 0.667 bits per heavy atom. The number of amides is 7. The fourth-order valence-electron chi connectivity index (χ4n) is 9.11. The topological polar surface area (TPSA) is 316 Å². The maximum absolute atomic E-state index is 14.6. The molecule has 0 spiro atoms. The van der Waals surface area contributed by atoms with Crippen molar-refractivity contribution in [3.8, 4) is 5.75 Å². The van der Waals surface area contributed by atoms with E-state index in [1.54, 1.807) is 48.5 Å². The molecule has 0 bridgehead atoms. The lowest BCUT2D eigenvalue weighted by molar-refractivity contribution is -0.144. The molecule has 7 amide bonds. The van der Waals surface area contributed by atoms with Gasteiger partial charge in [-0.1, -0.05) is 36.4 Å². The molecular weight excluding hydrogens is 1170 g/mol. The van der Waals surface area contributed by atoms with Crippen LogP contribution in [-0.2, 0) is 76.6 Å². The van der Waals surface area contributed by atoms with E-state index in [2.05, 4.69) is 25.9 Å². The first-order chi connectivity index (χ1) is 41.2. The summed E-state index contributed by atoms with van der Waals surface area (Å²) in [4.78, 5) is 121. The Hall–Kier alpha value is -7.60. The van der Waals surface area contributed by atoms with Gasteiger partial charge in [0.2, 0.25) is 41.4 Å². The first-order valence-electron chi connectivity index (χ1n) is 28.1. The van der Waals surface area contributed by atoms with Crippen LogP contribution in [0.1, 0.15) is 66.6 Å². The summed E-state index contributed by atoms with van der Waals surface area (Å²) in [6.45, 7) is 0.507. The summed E-state index contributed by atoms with van der Waals surface area (Å²) < 4.78 is 81.7. The smallest absolute Gasteiger partial charge is 0.416 e. The maximum atomic E-state index is 14.6. The number of phenolic OH excluding ortho intramolecular Hbond substituents is 1. The highest BCUT2D eigenvalue weighted by Gasteiger charge is 2.33. The molecule has 478 valence electrons. The van der Waals surface area contributed by atoms with Crippen LogP contribution >= 0.6 is 11.8 Å². The number of nitrogens with one attached hydrogen (secondary N) is 4. The highest BCUT2D eigenvalue weighted by molar-refractivity contribution is 7.98. The summed E-state index contributed by atoms with van der Waals surface area (Å²) in [5.41, 5.74) is 17.0. The van der Waals surface area contributed by atoms with E-state index in [0.29, 0.717) is 25.1 Å². The number of rotatable bonds is 38. The zero-order valence-corrected chi connectivity index (χ0v) is 49.8. The number of imidazole rings is 1. The predicted octanol–water partition coefficient (Wildman–Crippen LogP) is 2.68. The van der Waals surface area contributed by atoms with E-state index in [0.717, 1.165) is 69.6 Å². The monoisotopic (exact) mass is 1250 g/mol. The highest BCUT2D eigenvalue weighted by Crippen LogP contribution is 2.30. The normalized spacial score (nSPS) is 12.6. The Bertz CT molecular complexity index is 2840. The molecule has 0 saturated heterocycles. The number of aromatic amines is 1. The van der Waals surface area contributed by atoms with E-state index < -0.39 is 115 Å². The molecule has 0 radical (unpaired) electrons. The van der Waals surface area contributed by atoms with Crippen molar-refractivity contribution in [2.24, 2.45) is 23.1 Å². The number of H-pyrrole nitrogens is 1. The molecule has 0 saturated carbocycles. The van der Waals surface area contributed by atoms with Gasteiger partial charge in [0.1, 0.15) is 12.3 Å². The van der Waals surface area contributed by atoms with Gasteiger partial charge in [-0.05, 0) is 92.6 Å². The number of ketones is 1. The largest absolute Gasteiger partial charge is 0.508 e. The van der Waals surface area contributed by atoms with Crippen LogP contribution in [0.15, 0.2) is 85.3 Å². The summed E-state index contributed by atoms with van der Waals surface area (Å²) in [7, 11) is 0. The van der Waals surface area contributed by atoms with Crippen molar-refractivity contribution >= 4 is 58.9 Å². The third-order valence-electron chi connectivity index (χ3n) is 13.7. The molecule has 22 nitrogen and oxygen atoms in total. The maximum Gasteiger partial charge on any atom is 0.416 e. The number of carbonyl (C=O) groups excluding carboxylic acids is 8. The minimum Gasteiger partial charge on any atom is -0.508 e. The van der Waals surface area contributed by atoms with Crippen molar-refractivity contribution in [1.82, 2.24) is 50.4 Å². The number of Topliss-reactive ketones (excluding diaryl/α,β-unsaturated/α-hetero) is 1. The SMILES string of the molecule is CSCC(CC(=O)CN(CCN)C(=O)CN(CCN)C(=O)CCCNC(=O)CN(Cc1ccc(C(F)(F)F)cc1)C(=O)CN(Cc1ccc(C(F)(F)F)cc1)C(=O)[C@H](C)NC(C)CN(CCc1cnc[nH]1)C(=O)CNCCc1ccc(O)cc1)C(N)=O. The molecule has 11 N–H and O–H groups in total. The number of aromatic nitrogens is 2. The van der Waals surface area contributed by atoms with E-state index in [1.165, 1.54) is 34.8 Å². The molecule has 87 heavy (non-hydrogen) atoms. The number of hydrogen-bond donors (Lipinski definition) is 8. The van der Waals surface area contributed by atoms with Crippen LogP contribution in [0, 0.1) is 5.92 Å². The first kappa shape index (κ1) is 71.9. The molecule has 0 fully saturated rings. The fourth-order valence-corrected chi connectivity index (χ4v) is 9.79. The second kappa shape index (κ2) is 35.9. The predicted molar refractivity (Wildman–Crippen MR) is 314 cm³/mol. The van der Waals surface area contributed by atoms with Crippen molar-refractivity contribution in [3.63, 3.8) is 0 Å². The van der Waals surface area contributed by atoms with Gasteiger partial charge in [-0.3, -0.25) is 38.4 Å². The van der Waals surface area contributed by atoms with Gasteiger partial charge in [0.15, 0.2) is 5.78 Å². The second-order valence-electron chi connectivity index (χ2n) is 20.8. The van der Waals surface area contributed by atoms with E-state index in [1.807, 2.05) is 0 Å². The number of benzene rings is 3. The zero-order chi connectivity index (χ0) is 64.3. The molecule has 3 atom stereocenters. The molecular formula is C58H79F6N13O9S. The molecule has 29 heteroatoms. The number of hydrogen-bond acceptors (Lipinski definition) is 15. The van der Waals surface area contributed by atoms with E-state index >= 15 is 0 Å². The van der Waals surface area contributed by atoms with Gasteiger partial charge in [0.05, 0.1) is 55.6 Å². The summed E-state index contributed by atoms with van der Waals surface area (Å²) in [5.74, 6) is -5.20. The van der Waals surface area contributed by atoms with Crippen molar-refractivity contribution < 1.29 is 69.8 Å². The second-order valence-corrected chi connectivity index (χ2v) is 21.8. The molecule has 4 rings (SSSR count). The van der Waals surface area contributed by atoms with Crippen molar-refractivity contribution in [1.29, 1.82) is 0 Å². The van der Waals surface area contributed by atoms with Gasteiger partial charge in [-0.25, -0.2) is 4.98 Å². The van der Waals surface area contributed by atoms with Gasteiger partial charge in [0, 0.05) is 102 Å². The minimum atomic E-state index is -4.70. The number of thioether (sulfide) groups is 1. The third-order valence-corrected chi connectivity index (χ3v) is 14.5. The van der Waals surface area contributed by atoms with Crippen LogP contribution in [0.4, 0.5) is 26.3 Å². The number of carbonyl (C=O) groups is 8. The lowest BCUT2D eigenvalue weighted by atomic mass is 10.0. The lowest BCUT2D eigenvalue weighted by Crippen LogP contribution is -2.53. The van der Waals surface area contributed by atoms with Gasteiger partial charge < -0.3 is 67.7 Å². The third kappa shape index (κ3) is 25.7. The van der Waals surface area contributed by atoms with Crippen LogP contribution in [0.25, 0.3) is 0 Å². The Labute approximate surface area is 505 Å². The van der Waals surface area contributed by atoms with Gasteiger partial charge in [-0.2, -0.15) is 38.1 Å². The molecule has 4 aromatic rings. The summed E-state index contributed by atoms with van der Waals surface area (Å²) in [6, 6.07) is 12.7. The molecule has 1 heterocycles. The number of phenols is 1. The Morgan fingerprint density at radius 2 is 1.22 bits per heavy atom. The molecule has 0 aliphatic carbocycles. The number of halogens is 6. The average Bonchev–Trinajstić information content (AvgIpc) is 4.18. The Morgan fingerprint density at radius 3 is 1.76 bits per heavy atom. The number of nitrogens with zero attached hydrogens (tertiary/aromatic N) is 6. The van der Waals surface area contributed by atoms with Crippen LogP contribution in [0.3, 0.4) is 0 Å². The van der Waals surface area contributed by atoms with Crippen LogP contribution in [-0.4, -0.2) is 196 Å². The molecule has 1 aromatic heterocycles. The van der Waals surface area contributed by atoms with Crippen molar-refractivity contribution in [2.45, 2.75) is 83.5 Å². The fraction of sp³-hybridized carbons (Fsp3) is 0.500. The highest BCUT2D eigenvalue weighted by atomic mass is 32.2. The van der Waals surface area contributed by atoms with E-state index in [-0.39, 0.29) is 101 Å². The molecule has 3 aromatic carbocycles. The van der Waals surface area contributed by atoms with Crippen LogP contribution in [0.2, 0.25) is 0 Å². The molecule has 0 aliphatic rings. The molecule has 2 unspecified atom stereocenters. The Kier molecular flexibility index (Phi) is 29.7. The van der Waals surface area contributed by atoms with E-state index in [9.17, 15) is 69.8 Å². The minimum absolute atomic E-state index is 0.00942. The first-order valence-corrected chi connectivity index (χ1v) is 29.5. The standard InChI is InChI=1S/C58H79F6N13O9S/c1-39(30-73(24-19-47-28-69-38-71-47)52(82)29-68-23-18-41-10-16-48(78)17-11-41)72-40(2)56(86)77(32-43-8-14-46(15-9-43)58(62,63)64)36-54(84)76(31-42-6-12-45(13-7-42)57(59,60)61)34-50(80)70-22-4-5-51(81)75(26-21-66)35-53(83)74(25-20-65)33-49(79)27-44(37-87-3)55(67)85/h6-17,28,38-40,44,68,72,78H,4-5,18-27,29-37,65-66H2,1-3H3,(H2,67,85)(H,69,71)(H,70,80)/t39?,40-,44?/m0/s1. The number of nitrogens with two attached hydrogens (primary N) is 3. The number of alkyl halides is 6. The Balaban J connectivity index is 1.50. The van der Waals surface area contributed by atoms with E-state index in [4.69, 9.17) is 17.2 Å². The van der Waals surface area contributed by atoms with Crippen molar-refractivity contribution in [2.75, 3.05) is 97.1 Å². The van der Waals surface area contributed by atoms with Gasteiger partial charge in [-0.15, -0.1) is 0 Å². The summed E-state index contributed by atoms with van der Waals surface area (Å²) >= 11 is 1.33.